The Hall–Kier alpha value is -2.99. The number of carboxylic acid groups (broad SMARTS) is 2. The molecule has 0 aliphatic rings. The Morgan fingerprint density at radius 3 is 2.39 bits per heavy atom. The minimum atomic E-state index is -1.63. The monoisotopic (exact) mass is 401 g/mol. The number of fused-ring (bicyclic) bond motifs is 1. The van der Waals surface area contributed by atoms with Gasteiger partial charge in [0.05, 0.1) is 5.56 Å². The van der Waals surface area contributed by atoms with Crippen molar-refractivity contribution in [2.45, 2.75) is 32.7 Å². The molecule has 0 amide bonds. The van der Waals surface area contributed by atoms with Gasteiger partial charge in [-0.25, -0.2) is 4.79 Å². The summed E-state index contributed by atoms with van der Waals surface area (Å²) in [6.45, 7) is 5.64. The Morgan fingerprint density at radius 2 is 1.86 bits per heavy atom. The highest BCUT2D eigenvalue weighted by Gasteiger charge is 2.41. The number of aromatic hydroxyl groups is 1. The van der Waals surface area contributed by atoms with Gasteiger partial charge in [-0.2, -0.15) is 0 Å². The molecule has 1 atom stereocenters. The third-order valence-electron chi connectivity index (χ3n) is 5.31. The lowest BCUT2D eigenvalue weighted by atomic mass is 9.74. The molecule has 146 valence electrons. The molecule has 1 aromatic heterocycles. The molecule has 7 heteroatoms. The van der Waals surface area contributed by atoms with Crippen LogP contribution in [0.15, 0.2) is 36.4 Å². The highest BCUT2D eigenvalue weighted by Crippen LogP contribution is 2.41. The fourth-order valence-electron chi connectivity index (χ4n) is 3.87. The van der Waals surface area contributed by atoms with Gasteiger partial charge in [-0.3, -0.25) is 4.79 Å². The Balaban J connectivity index is 2.49. The number of hydrogen-bond donors (Lipinski definition) is 3. The van der Waals surface area contributed by atoms with Gasteiger partial charge < -0.3 is 19.9 Å². The summed E-state index contributed by atoms with van der Waals surface area (Å²) < 4.78 is 1.85. The second-order valence-corrected chi connectivity index (χ2v) is 7.27. The lowest BCUT2D eigenvalue weighted by molar-refractivity contribution is -0.141. The molecule has 3 N–H and O–H groups in total. The molecule has 3 rings (SSSR count). The Morgan fingerprint density at radius 1 is 1.18 bits per heavy atom. The van der Waals surface area contributed by atoms with Crippen LogP contribution in [-0.2, 0) is 16.8 Å². The van der Waals surface area contributed by atoms with Gasteiger partial charge >= 0.3 is 11.9 Å². The summed E-state index contributed by atoms with van der Waals surface area (Å²) in [5, 5.41) is 30.5. The van der Waals surface area contributed by atoms with Crippen LogP contribution in [0, 0.1) is 6.92 Å². The molecule has 0 fully saturated rings. The van der Waals surface area contributed by atoms with E-state index in [4.69, 9.17) is 11.6 Å². The van der Waals surface area contributed by atoms with E-state index >= 15 is 0 Å². The SMILES string of the molecule is CCn1c(C)c(C(=O)O)c2c(C(C)(C(=O)O)c3cc(O)cc(Cl)c3)cccc21. The number of phenolic OH excluding ortho intramolecular Hbond substituents is 1. The van der Waals surface area contributed by atoms with Gasteiger partial charge in [-0.15, -0.1) is 0 Å². The molecule has 3 aromatic rings. The van der Waals surface area contributed by atoms with Crippen molar-refractivity contribution in [3.63, 3.8) is 0 Å². The number of nitrogens with zero attached hydrogens (tertiary/aromatic N) is 1. The zero-order valence-electron chi connectivity index (χ0n) is 15.7. The molecule has 0 bridgehead atoms. The minimum Gasteiger partial charge on any atom is -0.508 e. The number of carboxylic acids is 2. The lowest BCUT2D eigenvalue weighted by Crippen LogP contribution is -2.34. The summed E-state index contributed by atoms with van der Waals surface area (Å²) in [5.74, 6) is -2.47. The van der Waals surface area contributed by atoms with E-state index in [9.17, 15) is 24.9 Å². The van der Waals surface area contributed by atoms with Gasteiger partial charge in [0.25, 0.3) is 0 Å². The zero-order valence-corrected chi connectivity index (χ0v) is 16.4. The molecule has 0 saturated carbocycles. The molecular weight excluding hydrogens is 382 g/mol. The smallest absolute Gasteiger partial charge is 0.338 e. The van der Waals surface area contributed by atoms with Crippen molar-refractivity contribution < 1.29 is 24.9 Å². The summed E-state index contributed by atoms with van der Waals surface area (Å²) in [7, 11) is 0. The standard InChI is InChI=1S/C21H20ClNO5/c1-4-23-11(2)17(19(25)26)18-15(6-5-7-16(18)23)21(3,20(27)28)12-8-13(22)10-14(24)9-12/h5-10,24H,4H2,1-3H3,(H,25,26)(H,27,28). The fraction of sp³-hybridized carbons (Fsp3) is 0.238. The van der Waals surface area contributed by atoms with E-state index < -0.39 is 17.4 Å². The van der Waals surface area contributed by atoms with Crippen molar-refractivity contribution >= 4 is 34.4 Å². The number of carbonyl (C=O) groups is 2. The maximum absolute atomic E-state index is 12.5. The molecule has 0 aliphatic heterocycles. The average Bonchev–Trinajstić information content (AvgIpc) is 2.91. The number of halogens is 1. The van der Waals surface area contributed by atoms with E-state index in [2.05, 4.69) is 0 Å². The normalized spacial score (nSPS) is 13.4. The van der Waals surface area contributed by atoms with Crippen LogP contribution in [0.2, 0.25) is 5.02 Å². The topological polar surface area (TPSA) is 99.8 Å². The molecular formula is C21H20ClNO5. The molecule has 2 aromatic carbocycles. The third-order valence-corrected chi connectivity index (χ3v) is 5.52. The number of benzene rings is 2. The lowest BCUT2D eigenvalue weighted by Gasteiger charge is -2.27. The predicted octanol–water partition coefficient (Wildman–Crippen LogP) is 4.42. The van der Waals surface area contributed by atoms with Gasteiger partial charge in [0.2, 0.25) is 0 Å². The molecule has 1 heterocycles. The fourth-order valence-corrected chi connectivity index (χ4v) is 4.10. The average molecular weight is 402 g/mol. The van der Waals surface area contributed by atoms with Crippen LogP contribution >= 0.6 is 11.6 Å². The van der Waals surface area contributed by atoms with E-state index in [1.54, 1.807) is 25.1 Å². The maximum atomic E-state index is 12.5. The molecule has 0 radical (unpaired) electrons. The Bertz CT molecular complexity index is 1100. The van der Waals surface area contributed by atoms with Crippen molar-refractivity contribution in [1.82, 2.24) is 4.57 Å². The summed E-state index contributed by atoms with van der Waals surface area (Å²) in [6, 6.07) is 9.22. The summed E-state index contributed by atoms with van der Waals surface area (Å²) in [5.41, 5.74) is 0.236. The molecule has 28 heavy (non-hydrogen) atoms. The highest BCUT2D eigenvalue weighted by atomic mass is 35.5. The summed E-state index contributed by atoms with van der Waals surface area (Å²) in [6.07, 6.45) is 0. The number of aliphatic carboxylic acids is 1. The van der Waals surface area contributed by atoms with Crippen LogP contribution in [0.1, 0.15) is 41.0 Å². The molecule has 0 saturated heterocycles. The first-order valence-corrected chi connectivity index (χ1v) is 9.09. The van der Waals surface area contributed by atoms with Crippen LogP contribution < -0.4 is 0 Å². The van der Waals surface area contributed by atoms with E-state index in [1.165, 1.54) is 25.1 Å². The van der Waals surface area contributed by atoms with E-state index in [1.807, 2.05) is 11.5 Å². The van der Waals surface area contributed by atoms with Gasteiger partial charge in [0.1, 0.15) is 11.2 Å². The van der Waals surface area contributed by atoms with Crippen molar-refractivity contribution in [1.29, 1.82) is 0 Å². The third kappa shape index (κ3) is 2.81. The number of aromatic nitrogens is 1. The second kappa shape index (κ2) is 6.87. The first kappa shape index (κ1) is 19.8. The molecule has 0 spiro atoms. The van der Waals surface area contributed by atoms with E-state index in [-0.39, 0.29) is 21.9 Å². The minimum absolute atomic E-state index is 0.0752. The highest BCUT2D eigenvalue weighted by molar-refractivity contribution is 6.30. The second-order valence-electron chi connectivity index (χ2n) is 6.84. The Labute approximate surface area is 166 Å². The molecule has 0 aliphatic carbocycles. The number of phenols is 1. The van der Waals surface area contributed by atoms with Gasteiger partial charge in [-0.1, -0.05) is 23.7 Å². The maximum Gasteiger partial charge on any atom is 0.338 e. The number of aryl methyl sites for hydroxylation is 1. The zero-order chi connectivity index (χ0) is 20.8. The van der Waals surface area contributed by atoms with Crippen molar-refractivity contribution in [3.8, 4) is 5.75 Å². The summed E-state index contributed by atoms with van der Waals surface area (Å²) in [4.78, 5) is 24.5. The van der Waals surface area contributed by atoms with Gasteiger partial charge in [-0.05, 0) is 56.2 Å². The van der Waals surface area contributed by atoms with E-state index in [0.29, 0.717) is 28.7 Å². The van der Waals surface area contributed by atoms with Crippen LogP contribution in [-0.4, -0.2) is 31.8 Å². The van der Waals surface area contributed by atoms with Crippen molar-refractivity contribution in [2.24, 2.45) is 0 Å². The van der Waals surface area contributed by atoms with Crippen molar-refractivity contribution in [2.75, 3.05) is 0 Å². The molecule has 6 nitrogen and oxygen atoms in total. The Kier molecular flexibility index (Phi) is 4.85. The quantitative estimate of drug-likeness (QED) is 0.587. The summed E-state index contributed by atoms with van der Waals surface area (Å²) >= 11 is 6.05. The first-order valence-electron chi connectivity index (χ1n) is 8.71. The number of aromatic carboxylic acids is 1. The van der Waals surface area contributed by atoms with Crippen LogP contribution in [0.25, 0.3) is 10.9 Å². The molecule has 1 unspecified atom stereocenters. The van der Waals surface area contributed by atoms with Gasteiger partial charge in [0.15, 0.2) is 0 Å². The van der Waals surface area contributed by atoms with Crippen LogP contribution in [0.5, 0.6) is 5.75 Å². The number of rotatable bonds is 5. The van der Waals surface area contributed by atoms with Crippen molar-refractivity contribution in [3.05, 3.63) is 63.8 Å². The van der Waals surface area contributed by atoms with Crippen LogP contribution in [0.3, 0.4) is 0 Å². The van der Waals surface area contributed by atoms with Crippen LogP contribution in [0.4, 0.5) is 0 Å². The van der Waals surface area contributed by atoms with Gasteiger partial charge in [0, 0.05) is 28.2 Å². The number of hydrogen-bond acceptors (Lipinski definition) is 3. The van der Waals surface area contributed by atoms with E-state index in [0.717, 1.165) is 0 Å². The largest absolute Gasteiger partial charge is 0.508 e. The predicted molar refractivity (Wildman–Crippen MR) is 107 cm³/mol. The first-order chi connectivity index (χ1) is 13.1.